The van der Waals surface area contributed by atoms with Gasteiger partial charge >= 0.3 is 5.69 Å². The second-order valence-corrected chi connectivity index (χ2v) is 5.80. The molecule has 1 N–H and O–H groups in total. The SMILES string of the molecule is Cl.Cn1c(=O)ccn(CC(=O)N2C3CCNCC2CC3)c1=O. The molecule has 122 valence electrons. The van der Waals surface area contributed by atoms with Crippen molar-refractivity contribution in [2.75, 3.05) is 13.1 Å². The van der Waals surface area contributed by atoms with E-state index in [1.165, 1.54) is 23.9 Å². The van der Waals surface area contributed by atoms with Crippen molar-refractivity contribution < 1.29 is 4.79 Å². The van der Waals surface area contributed by atoms with Crippen LogP contribution in [0, 0.1) is 0 Å². The molecule has 0 saturated carbocycles. The van der Waals surface area contributed by atoms with Crippen molar-refractivity contribution in [2.24, 2.45) is 7.05 Å². The number of hydrogen-bond acceptors (Lipinski definition) is 4. The monoisotopic (exact) mass is 328 g/mol. The summed E-state index contributed by atoms with van der Waals surface area (Å²) in [5, 5.41) is 3.35. The lowest BCUT2D eigenvalue weighted by atomic mass is 10.1. The molecule has 7 nitrogen and oxygen atoms in total. The van der Waals surface area contributed by atoms with Crippen LogP contribution in [-0.4, -0.2) is 45.1 Å². The van der Waals surface area contributed by atoms with Crippen molar-refractivity contribution >= 4 is 18.3 Å². The van der Waals surface area contributed by atoms with Gasteiger partial charge in [0.1, 0.15) is 6.54 Å². The number of nitrogens with zero attached hydrogens (tertiary/aromatic N) is 3. The minimum absolute atomic E-state index is 0. The molecule has 2 saturated heterocycles. The maximum absolute atomic E-state index is 12.6. The van der Waals surface area contributed by atoms with Crippen molar-refractivity contribution in [1.82, 2.24) is 19.4 Å². The molecule has 0 radical (unpaired) electrons. The molecule has 2 atom stereocenters. The predicted molar refractivity (Wildman–Crippen MR) is 84.3 cm³/mol. The Kier molecular flexibility index (Phi) is 5.08. The van der Waals surface area contributed by atoms with E-state index in [9.17, 15) is 14.4 Å². The zero-order valence-corrected chi connectivity index (χ0v) is 13.3. The third kappa shape index (κ3) is 2.96. The molecule has 8 heteroatoms. The molecule has 2 unspecified atom stereocenters. The van der Waals surface area contributed by atoms with Gasteiger partial charge in [-0.15, -0.1) is 12.4 Å². The van der Waals surface area contributed by atoms with E-state index in [0.29, 0.717) is 0 Å². The first-order valence-electron chi connectivity index (χ1n) is 7.36. The van der Waals surface area contributed by atoms with Gasteiger partial charge in [0.25, 0.3) is 5.56 Å². The van der Waals surface area contributed by atoms with Gasteiger partial charge < -0.3 is 10.2 Å². The molecule has 1 aromatic rings. The Bertz CT molecular complexity index is 655. The van der Waals surface area contributed by atoms with E-state index >= 15 is 0 Å². The van der Waals surface area contributed by atoms with Crippen molar-refractivity contribution in [1.29, 1.82) is 0 Å². The summed E-state index contributed by atoms with van der Waals surface area (Å²) in [6.07, 6.45) is 4.43. The van der Waals surface area contributed by atoms with Gasteiger partial charge in [-0.2, -0.15) is 0 Å². The van der Waals surface area contributed by atoms with Gasteiger partial charge in [-0.3, -0.25) is 18.7 Å². The molecule has 0 spiro atoms. The molecular formula is C14H21ClN4O3. The first kappa shape index (κ1) is 16.8. The average molecular weight is 329 g/mol. The zero-order chi connectivity index (χ0) is 15.0. The Morgan fingerprint density at radius 3 is 2.77 bits per heavy atom. The summed E-state index contributed by atoms with van der Waals surface area (Å²) in [7, 11) is 1.42. The fraction of sp³-hybridized carbons (Fsp3) is 0.643. The second kappa shape index (κ2) is 6.66. The number of halogens is 1. The highest BCUT2D eigenvalue weighted by Crippen LogP contribution is 2.27. The molecular weight excluding hydrogens is 308 g/mol. The summed E-state index contributed by atoms with van der Waals surface area (Å²) in [5.74, 6) is -0.0352. The van der Waals surface area contributed by atoms with Crippen LogP contribution in [0.3, 0.4) is 0 Å². The van der Waals surface area contributed by atoms with E-state index in [-0.39, 0.29) is 42.5 Å². The van der Waals surface area contributed by atoms with Gasteiger partial charge in [0, 0.05) is 37.9 Å². The molecule has 0 aliphatic carbocycles. The van der Waals surface area contributed by atoms with Gasteiger partial charge in [0.15, 0.2) is 0 Å². The number of amides is 1. The smallest absolute Gasteiger partial charge is 0.331 e. The molecule has 22 heavy (non-hydrogen) atoms. The quantitative estimate of drug-likeness (QED) is 0.780. The maximum atomic E-state index is 12.6. The van der Waals surface area contributed by atoms with Gasteiger partial charge in [-0.25, -0.2) is 4.79 Å². The van der Waals surface area contributed by atoms with Crippen molar-refractivity contribution in [3.05, 3.63) is 33.1 Å². The fourth-order valence-electron chi connectivity index (χ4n) is 3.35. The van der Waals surface area contributed by atoms with Crippen molar-refractivity contribution in [3.8, 4) is 0 Å². The number of nitrogens with one attached hydrogen (secondary N) is 1. The Hall–Kier alpha value is -1.60. The summed E-state index contributed by atoms with van der Waals surface area (Å²) < 4.78 is 2.33. The second-order valence-electron chi connectivity index (χ2n) is 5.80. The number of rotatable bonds is 2. The van der Waals surface area contributed by atoms with E-state index < -0.39 is 5.69 Å². The van der Waals surface area contributed by atoms with E-state index in [4.69, 9.17) is 0 Å². The van der Waals surface area contributed by atoms with Crippen LogP contribution in [0.4, 0.5) is 0 Å². The number of aromatic nitrogens is 2. The number of carbonyl (C=O) groups excluding carboxylic acids is 1. The predicted octanol–water partition coefficient (Wildman–Crippen LogP) is -0.678. The van der Waals surface area contributed by atoms with Crippen LogP contribution in [-0.2, 0) is 18.4 Å². The van der Waals surface area contributed by atoms with Gasteiger partial charge in [0.2, 0.25) is 5.91 Å². The highest BCUT2D eigenvalue weighted by atomic mass is 35.5. The largest absolute Gasteiger partial charge is 0.334 e. The summed E-state index contributed by atoms with van der Waals surface area (Å²) in [6, 6.07) is 1.82. The van der Waals surface area contributed by atoms with E-state index in [2.05, 4.69) is 5.32 Å². The normalized spacial score (nSPS) is 23.8. The maximum Gasteiger partial charge on any atom is 0.331 e. The van der Waals surface area contributed by atoms with Gasteiger partial charge in [-0.1, -0.05) is 0 Å². The van der Waals surface area contributed by atoms with Crippen LogP contribution in [0.1, 0.15) is 19.3 Å². The number of hydrogen-bond donors (Lipinski definition) is 1. The third-order valence-corrected chi connectivity index (χ3v) is 4.51. The summed E-state index contributed by atoms with van der Waals surface area (Å²) in [6.45, 7) is 1.76. The van der Waals surface area contributed by atoms with Crippen LogP contribution >= 0.6 is 12.4 Å². The Morgan fingerprint density at radius 1 is 1.27 bits per heavy atom. The van der Waals surface area contributed by atoms with E-state index in [0.717, 1.165) is 36.9 Å². The van der Waals surface area contributed by atoms with Gasteiger partial charge in [-0.05, 0) is 25.8 Å². The van der Waals surface area contributed by atoms with E-state index in [1.54, 1.807) is 0 Å². The van der Waals surface area contributed by atoms with Crippen LogP contribution in [0.15, 0.2) is 21.9 Å². The molecule has 2 aliphatic rings. The summed E-state index contributed by atoms with van der Waals surface area (Å²) >= 11 is 0. The number of carbonyl (C=O) groups is 1. The number of fused-ring (bicyclic) bond motifs is 2. The lowest BCUT2D eigenvalue weighted by Gasteiger charge is -2.28. The molecule has 0 aromatic carbocycles. The van der Waals surface area contributed by atoms with Crippen LogP contribution in [0.5, 0.6) is 0 Å². The third-order valence-electron chi connectivity index (χ3n) is 4.51. The topological polar surface area (TPSA) is 76.3 Å². The van der Waals surface area contributed by atoms with Crippen molar-refractivity contribution in [3.63, 3.8) is 0 Å². The van der Waals surface area contributed by atoms with Crippen LogP contribution in [0.25, 0.3) is 0 Å². The highest BCUT2D eigenvalue weighted by molar-refractivity contribution is 5.85. The first-order chi connectivity index (χ1) is 10.1. The van der Waals surface area contributed by atoms with E-state index in [1.807, 2.05) is 4.90 Å². The standard InChI is InChI=1S/C14H20N4O3.ClH/c1-16-12(19)5-7-17(14(16)21)9-13(20)18-10-2-3-11(18)8-15-6-4-10;/h5,7,10-11,15H,2-4,6,8-9H2,1H3;1H. The van der Waals surface area contributed by atoms with Gasteiger partial charge in [0.05, 0.1) is 0 Å². The lowest BCUT2D eigenvalue weighted by molar-refractivity contribution is -0.134. The molecule has 3 rings (SSSR count). The Morgan fingerprint density at radius 2 is 2.00 bits per heavy atom. The molecule has 2 aliphatic heterocycles. The lowest BCUT2D eigenvalue weighted by Crippen LogP contribution is -2.46. The summed E-state index contributed by atoms with van der Waals surface area (Å²) in [4.78, 5) is 37.9. The van der Waals surface area contributed by atoms with Crippen LogP contribution in [0.2, 0.25) is 0 Å². The average Bonchev–Trinajstić information content (AvgIpc) is 2.73. The minimum atomic E-state index is -0.448. The zero-order valence-electron chi connectivity index (χ0n) is 12.5. The van der Waals surface area contributed by atoms with Crippen LogP contribution < -0.4 is 16.6 Å². The molecule has 1 amide bonds. The molecule has 3 heterocycles. The van der Waals surface area contributed by atoms with Crippen molar-refractivity contribution in [2.45, 2.75) is 37.9 Å². The first-order valence-corrected chi connectivity index (χ1v) is 7.36. The Balaban J connectivity index is 0.00000176. The highest BCUT2D eigenvalue weighted by Gasteiger charge is 2.37. The molecule has 2 bridgehead atoms. The minimum Gasteiger partial charge on any atom is -0.334 e. The Labute approximate surface area is 134 Å². The fourth-order valence-corrected chi connectivity index (χ4v) is 3.35. The summed E-state index contributed by atoms with van der Waals surface area (Å²) in [5.41, 5.74) is -0.807. The molecule has 1 aromatic heterocycles. The molecule has 2 fully saturated rings.